The molecule has 2 rings (SSSR count). The largest absolute Gasteiger partial charge is 0.457 e. The van der Waals surface area contributed by atoms with Crippen LogP contribution in [0.4, 0.5) is 0 Å². The first-order valence-corrected chi connectivity index (χ1v) is 6.51. The van der Waals surface area contributed by atoms with Gasteiger partial charge in [0.2, 0.25) is 0 Å². The molecule has 0 aliphatic carbocycles. The number of carbonyl (C=O) groups is 1. The average Bonchev–Trinajstić information content (AvgIpc) is 2.49. The number of aliphatic hydroxyl groups is 1. The van der Waals surface area contributed by atoms with E-state index in [0.717, 1.165) is 5.75 Å². The van der Waals surface area contributed by atoms with Gasteiger partial charge in [0, 0.05) is 18.7 Å². The number of carbonyl (C=O) groups excluding carboxylic acids is 1. The molecule has 0 heterocycles. The van der Waals surface area contributed by atoms with Gasteiger partial charge in [-0.25, -0.2) is 0 Å². The zero-order valence-electron chi connectivity index (χ0n) is 11.1. The van der Waals surface area contributed by atoms with Gasteiger partial charge in [0.25, 0.3) is 5.91 Å². The fraction of sp³-hybridized carbons (Fsp3) is 0.188. The predicted molar refractivity (Wildman–Crippen MR) is 77.0 cm³/mol. The van der Waals surface area contributed by atoms with Gasteiger partial charge in [-0.1, -0.05) is 18.2 Å². The van der Waals surface area contributed by atoms with E-state index in [1.54, 1.807) is 24.3 Å². The van der Waals surface area contributed by atoms with Crippen LogP contribution < -0.4 is 10.1 Å². The standard InChI is InChI=1S/C16H17NO3/c18-12-4-11-17-16(19)13-7-9-15(10-8-13)20-14-5-2-1-3-6-14/h1-3,5-10,18H,4,11-12H2,(H,17,19). The molecule has 0 bridgehead atoms. The Morgan fingerprint density at radius 2 is 1.65 bits per heavy atom. The van der Waals surface area contributed by atoms with Crippen LogP contribution in [-0.4, -0.2) is 24.2 Å². The van der Waals surface area contributed by atoms with Crippen LogP contribution in [0.2, 0.25) is 0 Å². The molecule has 2 N–H and O–H groups in total. The summed E-state index contributed by atoms with van der Waals surface area (Å²) in [4.78, 5) is 11.8. The Balaban J connectivity index is 1.94. The zero-order chi connectivity index (χ0) is 14.2. The number of hydrogen-bond donors (Lipinski definition) is 2. The molecule has 0 atom stereocenters. The number of hydrogen-bond acceptors (Lipinski definition) is 3. The molecular weight excluding hydrogens is 254 g/mol. The molecular formula is C16H17NO3. The Hall–Kier alpha value is -2.33. The number of para-hydroxylation sites is 1. The highest BCUT2D eigenvalue weighted by molar-refractivity contribution is 5.94. The molecule has 0 spiro atoms. The molecule has 0 unspecified atom stereocenters. The van der Waals surface area contributed by atoms with Gasteiger partial charge < -0.3 is 15.2 Å². The molecule has 0 radical (unpaired) electrons. The second kappa shape index (κ2) is 7.31. The minimum Gasteiger partial charge on any atom is -0.457 e. The summed E-state index contributed by atoms with van der Waals surface area (Å²) in [6, 6.07) is 16.4. The summed E-state index contributed by atoms with van der Waals surface area (Å²) in [5, 5.41) is 11.4. The Labute approximate surface area is 118 Å². The minimum atomic E-state index is -0.148. The van der Waals surface area contributed by atoms with E-state index in [-0.39, 0.29) is 12.5 Å². The number of benzene rings is 2. The highest BCUT2D eigenvalue weighted by Crippen LogP contribution is 2.20. The maximum absolute atomic E-state index is 11.8. The number of amides is 1. The molecule has 1 amide bonds. The van der Waals surface area contributed by atoms with E-state index in [1.807, 2.05) is 30.3 Å². The van der Waals surface area contributed by atoms with Crippen molar-refractivity contribution in [2.75, 3.05) is 13.2 Å². The van der Waals surface area contributed by atoms with Crippen molar-refractivity contribution in [3.05, 3.63) is 60.2 Å². The first kappa shape index (κ1) is 14.1. The van der Waals surface area contributed by atoms with Crippen molar-refractivity contribution in [2.45, 2.75) is 6.42 Å². The second-order valence-corrected chi connectivity index (χ2v) is 4.27. The van der Waals surface area contributed by atoms with Gasteiger partial charge in [-0.15, -0.1) is 0 Å². The third-order valence-electron chi connectivity index (χ3n) is 2.72. The first-order valence-electron chi connectivity index (χ1n) is 6.51. The summed E-state index contributed by atoms with van der Waals surface area (Å²) in [5.41, 5.74) is 0.573. The van der Waals surface area contributed by atoms with E-state index in [1.165, 1.54) is 0 Å². The number of rotatable bonds is 6. The fourth-order valence-corrected chi connectivity index (χ4v) is 1.68. The second-order valence-electron chi connectivity index (χ2n) is 4.27. The molecule has 0 aliphatic heterocycles. The molecule has 2 aromatic rings. The molecule has 0 fully saturated rings. The maximum atomic E-state index is 11.8. The highest BCUT2D eigenvalue weighted by atomic mass is 16.5. The van der Waals surface area contributed by atoms with E-state index in [2.05, 4.69) is 5.32 Å². The van der Waals surface area contributed by atoms with E-state index in [9.17, 15) is 4.79 Å². The third-order valence-corrected chi connectivity index (χ3v) is 2.72. The van der Waals surface area contributed by atoms with E-state index < -0.39 is 0 Å². The lowest BCUT2D eigenvalue weighted by Gasteiger charge is -2.07. The first-order chi connectivity index (χ1) is 9.79. The van der Waals surface area contributed by atoms with Crippen LogP contribution in [-0.2, 0) is 0 Å². The Morgan fingerprint density at radius 1 is 1.00 bits per heavy atom. The molecule has 0 aliphatic rings. The normalized spacial score (nSPS) is 10.1. The minimum absolute atomic E-state index is 0.0735. The van der Waals surface area contributed by atoms with Crippen LogP contribution in [0.1, 0.15) is 16.8 Å². The molecule has 0 saturated carbocycles. The molecule has 2 aromatic carbocycles. The predicted octanol–water partition coefficient (Wildman–Crippen LogP) is 2.59. The lowest BCUT2D eigenvalue weighted by Crippen LogP contribution is -2.24. The fourth-order valence-electron chi connectivity index (χ4n) is 1.68. The van der Waals surface area contributed by atoms with Crippen molar-refractivity contribution in [1.29, 1.82) is 0 Å². The van der Waals surface area contributed by atoms with Gasteiger partial charge in [0.1, 0.15) is 11.5 Å². The third kappa shape index (κ3) is 4.10. The van der Waals surface area contributed by atoms with Crippen LogP contribution in [0, 0.1) is 0 Å². The topological polar surface area (TPSA) is 58.6 Å². The Kier molecular flexibility index (Phi) is 5.15. The van der Waals surface area contributed by atoms with Gasteiger partial charge >= 0.3 is 0 Å². The lowest BCUT2D eigenvalue weighted by molar-refractivity contribution is 0.0951. The quantitative estimate of drug-likeness (QED) is 0.794. The van der Waals surface area contributed by atoms with Crippen LogP contribution in [0.3, 0.4) is 0 Å². The number of ether oxygens (including phenoxy) is 1. The highest BCUT2D eigenvalue weighted by Gasteiger charge is 2.05. The maximum Gasteiger partial charge on any atom is 0.251 e. The monoisotopic (exact) mass is 271 g/mol. The Morgan fingerprint density at radius 3 is 2.30 bits per heavy atom. The van der Waals surface area contributed by atoms with E-state index in [0.29, 0.717) is 24.3 Å². The van der Waals surface area contributed by atoms with Crippen LogP contribution >= 0.6 is 0 Å². The Bertz CT molecular complexity index is 537. The number of aliphatic hydroxyl groups excluding tert-OH is 1. The van der Waals surface area contributed by atoms with Crippen LogP contribution in [0.5, 0.6) is 11.5 Å². The molecule has 4 heteroatoms. The molecule has 4 nitrogen and oxygen atoms in total. The van der Waals surface area contributed by atoms with Gasteiger partial charge in [-0.05, 0) is 42.8 Å². The summed E-state index contributed by atoms with van der Waals surface area (Å²) in [6.45, 7) is 0.543. The zero-order valence-corrected chi connectivity index (χ0v) is 11.1. The smallest absolute Gasteiger partial charge is 0.251 e. The van der Waals surface area contributed by atoms with Crippen molar-refractivity contribution < 1.29 is 14.6 Å². The van der Waals surface area contributed by atoms with Crippen molar-refractivity contribution in [3.8, 4) is 11.5 Å². The lowest BCUT2D eigenvalue weighted by atomic mass is 10.2. The van der Waals surface area contributed by atoms with Crippen LogP contribution in [0.25, 0.3) is 0 Å². The van der Waals surface area contributed by atoms with E-state index >= 15 is 0 Å². The van der Waals surface area contributed by atoms with Crippen molar-refractivity contribution in [3.63, 3.8) is 0 Å². The van der Waals surface area contributed by atoms with Gasteiger partial charge in [-0.3, -0.25) is 4.79 Å². The van der Waals surface area contributed by atoms with Crippen molar-refractivity contribution >= 4 is 5.91 Å². The number of nitrogens with one attached hydrogen (secondary N) is 1. The summed E-state index contributed by atoms with van der Waals surface area (Å²) < 4.78 is 5.65. The molecule has 104 valence electrons. The van der Waals surface area contributed by atoms with Crippen LogP contribution in [0.15, 0.2) is 54.6 Å². The summed E-state index contributed by atoms with van der Waals surface area (Å²) in [5.74, 6) is 1.29. The van der Waals surface area contributed by atoms with Crippen molar-refractivity contribution in [2.24, 2.45) is 0 Å². The molecule has 20 heavy (non-hydrogen) atoms. The summed E-state index contributed by atoms with van der Waals surface area (Å²) in [7, 11) is 0. The summed E-state index contributed by atoms with van der Waals surface area (Å²) in [6.07, 6.45) is 0.556. The van der Waals surface area contributed by atoms with Gasteiger partial charge in [0.15, 0.2) is 0 Å². The van der Waals surface area contributed by atoms with E-state index in [4.69, 9.17) is 9.84 Å². The van der Waals surface area contributed by atoms with Crippen molar-refractivity contribution in [1.82, 2.24) is 5.32 Å². The van der Waals surface area contributed by atoms with Gasteiger partial charge in [0.05, 0.1) is 0 Å². The average molecular weight is 271 g/mol. The van der Waals surface area contributed by atoms with Gasteiger partial charge in [-0.2, -0.15) is 0 Å². The summed E-state index contributed by atoms with van der Waals surface area (Å²) >= 11 is 0. The SMILES string of the molecule is O=C(NCCCO)c1ccc(Oc2ccccc2)cc1. The molecule has 0 saturated heterocycles. The molecule has 0 aromatic heterocycles.